The summed E-state index contributed by atoms with van der Waals surface area (Å²) < 4.78 is 24.1. The van der Waals surface area contributed by atoms with Crippen molar-refractivity contribution < 1.29 is 8.42 Å². The highest BCUT2D eigenvalue weighted by Crippen LogP contribution is 2.21. The number of nitrogens with zero attached hydrogens (tertiary/aromatic N) is 1. The van der Waals surface area contributed by atoms with Crippen molar-refractivity contribution in [3.8, 4) is 0 Å². The number of hydrogen-bond donors (Lipinski definition) is 1. The molecule has 1 heterocycles. The Balaban J connectivity index is 2.71. The molecule has 0 fully saturated rings. The minimum Gasteiger partial charge on any atom is -0.353 e. The van der Waals surface area contributed by atoms with Gasteiger partial charge in [-0.1, -0.05) is 13.8 Å². The van der Waals surface area contributed by atoms with Crippen molar-refractivity contribution in [1.82, 2.24) is 9.88 Å². The fraction of sp³-hybridized carbons (Fsp3) is 0.667. The number of aromatic nitrogens is 1. The van der Waals surface area contributed by atoms with E-state index in [-0.39, 0.29) is 5.75 Å². The molecule has 1 unspecified atom stereocenters. The van der Waals surface area contributed by atoms with Crippen LogP contribution in [0.4, 0.5) is 0 Å². The van der Waals surface area contributed by atoms with Crippen molar-refractivity contribution >= 4 is 9.84 Å². The summed E-state index contributed by atoms with van der Waals surface area (Å²) in [6, 6.07) is 2.36. The van der Waals surface area contributed by atoms with E-state index in [2.05, 4.69) is 19.2 Å². The number of rotatable bonds is 6. The molecule has 0 bridgehead atoms. The molecule has 0 amide bonds. The first-order valence-electron chi connectivity index (χ1n) is 5.84. The van der Waals surface area contributed by atoms with E-state index >= 15 is 0 Å². The quantitative estimate of drug-likeness (QED) is 0.840. The standard InChI is InChI=1S/C12H22N2O2S/c1-10(2)12(13-3)11-5-6-14(9-11)7-8-17(4,15)16/h5-6,9-10,12-13H,7-8H2,1-4H3. The molecule has 0 saturated heterocycles. The summed E-state index contributed by atoms with van der Waals surface area (Å²) in [6.07, 6.45) is 5.22. The lowest BCUT2D eigenvalue weighted by Gasteiger charge is -2.18. The van der Waals surface area contributed by atoms with Crippen LogP contribution in [0.25, 0.3) is 0 Å². The van der Waals surface area contributed by atoms with Gasteiger partial charge in [-0.3, -0.25) is 0 Å². The van der Waals surface area contributed by atoms with E-state index < -0.39 is 9.84 Å². The average Bonchev–Trinajstić information content (AvgIpc) is 2.63. The number of hydrogen-bond acceptors (Lipinski definition) is 3. The minimum absolute atomic E-state index is 0.188. The van der Waals surface area contributed by atoms with Gasteiger partial charge in [0.25, 0.3) is 0 Å². The summed E-state index contributed by atoms with van der Waals surface area (Å²) in [7, 11) is -0.949. The van der Waals surface area contributed by atoms with Crippen molar-refractivity contribution in [3.05, 3.63) is 24.0 Å². The largest absolute Gasteiger partial charge is 0.353 e. The van der Waals surface area contributed by atoms with E-state index in [4.69, 9.17) is 0 Å². The Bertz CT molecular complexity index is 449. The molecule has 17 heavy (non-hydrogen) atoms. The zero-order valence-corrected chi connectivity index (χ0v) is 11.8. The topological polar surface area (TPSA) is 51.1 Å². The van der Waals surface area contributed by atoms with Crippen LogP contribution in [-0.2, 0) is 16.4 Å². The summed E-state index contributed by atoms with van der Waals surface area (Å²) in [5.74, 6) is 0.693. The lowest BCUT2D eigenvalue weighted by molar-refractivity contribution is 0.442. The van der Waals surface area contributed by atoms with Crippen LogP contribution in [0.5, 0.6) is 0 Å². The van der Waals surface area contributed by atoms with Crippen molar-refractivity contribution in [3.63, 3.8) is 0 Å². The predicted molar refractivity (Wildman–Crippen MR) is 70.8 cm³/mol. The minimum atomic E-state index is -2.89. The number of aryl methyl sites for hydroxylation is 1. The Hall–Kier alpha value is -0.810. The maximum Gasteiger partial charge on any atom is 0.149 e. The highest BCUT2D eigenvalue weighted by Gasteiger charge is 2.14. The van der Waals surface area contributed by atoms with Crippen LogP contribution in [0, 0.1) is 5.92 Å². The smallest absolute Gasteiger partial charge is 0.149 e. The van der Waals surface area contributed by atoms with Gasteiger partial charge in [0, 0.05) is 31.2 Å². The van der Waals surface area contributed by atoms with Gasteiger partial charge in [0.2, 0.25) is 0 Å². The van der Waals surface area contributed by atoms with Gasteiger partial charge in [0.15, 0.2) is 0 Å². The highest BCUT2D eigenvalue weighted by molar-refractivity contribution is 7.90. The van der Waals surface area contributed by atoms with Crippen LogP contribution in [0.2, 0.25) is 0 Å². The van der Waals surface area contributed by atoms with Gasteiger partial charge in [0.1, 0.15) is 9.84 Å². The molecule has 0 radical (unpaired) electrons. The second-order valence-corrected chi connectivity index (χ2v) is 7.08. The number of nitrogens with one attached hydrogen (secondary N) is 1. The lowest BCUT2D eigenvalue weighted by Crippen LogP contribution is -2.21. The maximum atomic E-state index is 11.1. The Labute approximate surface area is 104 Å². The van der Waals surface area contributed by atoms with Crippen molar-refractivity contribution in [2.45, 2.75) is 26.4 Å². The van der Waals surface area contributed by atoms with Gasteiger partial charge >= 0.3 is 0 Å². The van der Waals surface area contributed by atoms with Crippen LogP contribution in [-0.4, -0.2) is 32.0 Å². The molecule has 0 aliphatic heterocycles. The van der Waals surface area contributed by atoms with Crippen LogP contribution >= 0.6 is 0 Å². The molecule has 0 aromatic carbocycles. The molecule has 1 aromatic rings. The number of sulfone groups is 1. The van der Waals surface area contributed by atoms with Crippen molar-refractivity contribution in [2.75, 3.05) is 19.1 Å². The second-order valence-electron chi connectivity index (χ2n) is 4.82. The van der Waals surface area contributed by atoms with Crippen molar-refractivity contribution in [1.29, 1.82) is 0 Å². The Morgan fingerprint density at radius 1 is 1.41 bits per heavy atom. The van der Waals surface area contributed by atoms with E-state index in [1.54, 1.807) is 0 Å². The molecule has 1 N–H and O–H groups in total. The second kappa shape index (κ2) is 5.69. The lowest BCUT2D eigenvalue weighted by atomic mass is 9.99. The van der Waals surface area contributed by atoms with E-state index in [1.807, 2.05) is 30.1 Å². The van der Waals surface area contributed by atoms with Gasteiger partial charge in [-0.2, -0.15) is 0 Å². The molecular weight excluding hydrogens is 236 g/mol. The third-order valence-corrected chi connectivity index (χ3v) is 3.75. The Morgan fingerprint density at radius 3 is 2.53 bits per heavy atom. The molecule has 1 rings (SSSR count). The van der Waals surface area contributed by atoms with Gasteiger partial charge in [-0.25, -0.2) is 8.42 Å². The Morgan fingerprint density at radius 2 is 2.06 bits per heavy atom. The molecule has 0 aliphatic rings. The van der Waals surface area contributed by atoms with E-state index in [1.165, 1.54) is 11.8 Å². The van der Waals surface area contributed by atoms with E-state index in [0.717, 1.165) is 0 Å². The summed E-state index contributed by atoms with van der Waals surface area (Å²) in [4.78, 5) is 0. The van der Waals surface area contributed by atoms with Gasteiger partial charge in [-0.15, -0.1) is 0 Å². The van der Waals surface area contributed by atoms with Crippen molar-refractivity contribution in [2.24, 2.45) is 5.92 Å². The van der Waals surface area contributed by atoms with Crippen LogP contribution in [0.3, 0.4) is 0 Å². The molecule has 0 saturated carbocycles. The van der Waals surface area contributed by atoms with Crippen LogP contribution in [0.15, 0.2) is 18.5 Å². The fourth-order valence-electron chi connectivity index (χ4n) is 1.94. The first-order chi connectivity index (χ1) is 7.83. The first kappa shape index (κ1) is 14.3. The zero-order valence-electron chi connectivity index (χ0n) is 11.0. The fourth-order valence-corrected chi connectivity index (χ4v) is 2.48. The molecule has 0 aliphatic carbocycles. The van der Waals surface area contributed by atoms with E-state index in [9.17, 15) is 8.42 Å². The molecule has 4 nitrogen and oxygen atoms in total. The molecular formula is C12H22N2O2S. The maximum absolute atomic E-state index is 11.1. The average molecular weight is 258 g/mol. The third-order valence-electron chi connectivity index (χ3n) is 2.83. The summed E-state index contributed by atoms with van der Waals surface area (Å²) >= 11 is 0. The zero-order chi connectivity index (χ0) is 13.1. The van der Waals surface area contributed by atoms with Gasteiger partial charge in [-0.05, 0) is 24.6 Å². The normalized spacial score (nSPS) is 14.2. The molecule has 98 valence electrons. The summed E-state index contributed by atoms with van der Waals surface area (Å²) in [5, 5.41) is 3.27. The first-order valence-corrected chi connectivity index (χ1v) is 7.90. The van der Waals surface area contributed by atoms with Crippen LogP contribution < -0.4 is 5.32 Å². The Kier molecular flexibility index (Phi) is 4.77. The summed E-state index contributed by atoms with van der Waals surface area (Å²) in [5.41, 5.74) is 1.20. The molecule has 0 spiro atoms. The monoisotopic (exact) mass is 258 g/mol. The van der Waals surface area contributed by atoms with Gasteiger partial charge < -0.3 is 9.88 Å². The van der Waals surface area contributed by atoms with E-state index in [0.29, 0.717) is 18.5 Å². The molecule has 1 atom stereocenters. The highest BCUT2D eigenvalue weighted by atomic mass is 32.2. The SMILES string of the molecule is CNC(c1ccn(CCS(C)(=O)=O)c1)C(C)C. The predicted octanol–water partition coefficient (Wildman–Crippen LogP) is 1.45. The molecule has 1 aromatic heterocycles. The van der Waals surface area contributed by atoms with Gasteiger partial charge in [0.05, 0.1) is 5.75 Å². The molecule has 5 heteroatoms. The third kappa shape index (κ3) is 4.52. The summed E-state index contributed by atoms with van der Waals surface area (Å²) in [6.45, 7) is 4.84. The van der Waals surface area contributed by atoms with Crippen LogP contribution in [0.1, 0.15) is 25.5 Å².